The predicted octanol–water partition coefficient (Wildman–Crippen LogP) is 4.30. The van der Waals surface area contributed by atoms with Gasteiger partial charge in [0.2, 0.25) is 0 Å². The molecule has 3 aromatic heterocycles. The van der Waals surface area contributed by atoms with Gasteiger partial charge >= 0.3 is 0 Å². The highest BCUT2D eigenvalue weighted by Gasteiger charge is 2.27. The van der Waals surface area contributed by atoms with E-state index in [1.807, 2.05) is 60.7 Å². The Bertz CT molecular complexity index is 1110. The Labute approximate surface area is 167 Å². The smallest absolute Gasteiger partial charge is 0.187 e. The van der Waals surface area contributed by atoms with Crippen LogP contribution in [0.5, 0.6) is 0 Å². The van der Waals surface area contributed by atoms with Crippen LogP contribution in [-0.2, 0) is 11.3 Å². The minimum atomic E-state index is 0.0126. The van der Waals surface area contributed by atoms with E-state index >= 15 is 0 Å². The lowest BCUT2D eigenvalue weighted by Gasteiger charge is -2.28. The standard InChI is InChI=1S/C23H19N3O3/c27-23-16(11-18-5-3-9-28-18)13-26(14-17(23)12-19-6-4-10-29-19)15-22-24-20-7-1-2-8-21(20)25-22/h1-12H,13-15H2,(H,24,25)/b16-11+,17-12+. The van der Waals surface area contributed by atoms with Crippen molar-refractivity contribution in [3.05, 3.63) is 89.5 Å². The lowest BCUT2D eigenvalue weighted by Crippen LogP contribution is -2.37. The second-order valence-corrected chi connectivity index (χ2v) is 7.04. The number of hydrogen-bond acceptors (Lipinski definition) is 5. The molecule has 0 radical (unpaired) electrons. The van der Waals surface area contributed by atoms with Crippen molar-refractivity contribution in [3.63, 3.8) is 0 Å². The van der Waals surface area contributed by atoms with Crippen LogP contribution in [0.1, 0.15) is 17.3 Å². The number of rotatable bonds is 4. The first kappa shape index (κ1) is 17.5. The maximum Gasteiger partial charge on any atom is 0.187 e. The summed E-state index contributed by atoms with van der Waals surface area (Å²) in [6, 6.07) is 15.3. The first-order chi connectivity index (χ1) is 14.2. The Morgan fingerprint density at radius 2 is 1.59 bits per heavy atom. The molecule has 0 aliphatic carbocycles. The van der Waals surface area contributed by atoms with E-state index in [0.717, 1.165) is 16.9 Å². The van der Waals surface area contributed by atoms with Crippen LogP contribution in [0.4, 0.5) is 0 Å². The van der Waals surface area contributed by atoms with Gasteiger partial charge in [0.15, 0.2) is 5.78 Å². The molecule has 144 valence electrons. The molecule has 0 unspecified atom stereocenters. The van der Waals surface area contributed by atoms with Crippen LogP contribution >= 0.6 is 0 Å². The number of benzene rings is 1. The number of likely N-dealkylation sites (tertiary alicyclic amines) is 1. The van der Waals surface area contributed by atoms with Gasteiger partial charge in [-0.05, 0) is 48.6 Å². The summed E-state index contributed by atoms with van der Waals surface area (Å²) in [6.07, 6.45) is 6.82. The van der Waals surface area contributed by atoms with Crippen molar-refractivity contribution in [1.29, 1.82) is 0 Å². The SMILES string of the molecule is O=C1/C(=C/c2ccco2)CN(Cc2nc3ccccc3[nH]2)C/C1=C\c1ccco1. The van der Waals surface area contributed by atoms with Crippen molar-refractivity contribution < 1.29 is 13.6 Å². The molecule has 1 aliphatic heterocycles. The fourth-order valence-corrected chi connectivity index (χ4v) is 3.60. The number of para-hydroxylation sites is 2. The maximum absolute atomic E-state index is 13.0. The minimum Gasteiger partial charge on any atom is -0.465 e. The first-order valence-corrected chi connectivity index (χ1v) is 9.43. The molecule has 1 aliphatic rings. The second kappa shape index (κ2) is 7.41. The monoisotopic (exact) mass is 385 g/mol. The van der Waals surface area contributed by atoms with Gasteiger partial charge in [0, 0.05) is 24.2 Å². The lowest BCUT2D eigenvalue weighted by molar-refractivity contribution is -0.113. The molecule has 0 spiro atoms. The van der Waals surface area contributed by atoms with Crippen LogP contribution in [-0.4, -0.2) is 33.7 Å². The van der Waals surface area contributed by atoms with E-state index in [1.165, 1.54) is 0 Å². The van der Waals surface area contributed by atoms with E-state index in [0.29, 0.717) is 42.3 Å². The first-order valence-electron chi connectivity index (χ1n) is 9.43. The predicted molar refractivity (Wildman–Crippen MR) is 110 cm³/mol. The topological polar surface area (TPSA) is 75.3 Å². The Hall–Kier alpha value is -3.64. The highest BCUT2D eigenvalue weighted by Crippen LogP contribution is 2.24. The summed E-state index contributed by atoms with van der Waals surface area (Å²) in [5, 5.41) is 0. The lowest BCUT2D eigenvalue weighted by atomic mass is 9.96. The molecule has 1 N–H and O–H groups in total. The van der Waals surface area contributed by atoms with E-state index < -0.39 is 0 Å². The molecule has 0 bridgehead atoms. The second-order valence-electron chi connectivity index (χ2n) is 7.04. The van der Waals surface area contributed by atoms with Crippen molar-refractivity contribution in [2.75, 3.05) is 13.1 Å². The highest BCUT2D eigenvalue weighted by atomic mass is 16.3. The zero-order valence-electron chi connectivity index (χ0n) is 15.7. The van der Waals surface area contributed by atoms with Crippen LogP contribution in [0, 0.1) is 0 Å². The van der Waals surface area contributed by atoms with E-state index in [-0.39, 0.29) is 5.78 Å². The molecule has 0 atom stereocenters. The summed E-state index contributed by atoms with van der Waals surface area (Å²) in [5.41, 5.74) is 3.31. The van der Waals surface area contributed by atoms with Crippen LogP contribution in [0.3, 0.4) is 0 Å². The van der Waals surface area contributed by atoms with E-state index in [1.54, 1.807) is 12.5 Å². The van der Waals surface area contributed by atoms with Gasteiger partial charge in [0.1, 0.15) is 17.3 Å². The molecule has 1 aromatic carbocycles. The average Bonchev–Trinajstić information content (AvgIpc) is 3.47. The summed E-state index contributed by atoms with van der Waals surface area (Å²) in [5.74, 6) is 2.21. The summed E-state index contributed by atoms with van der Waals surface area (Å²) in [7, 11) is 0. The minimum absolute atomic E-state index is 0.0126. The van der Waals surface area contributed by atoms with Crippen LogP contribution in [0.15, 0.2) is 81.0 Å². The molecule has 6 heteroatoms. The number of nitrogens with one attached hydrogen (secondary N) is 1. The Morgan fingerprint density at radius 3 is 2.17 bits per heavy atom. The molecule has 1 fully saturated rings. The molecular weight excluding hydrogens is 366 g/mol. The van der Waals surface area contributed by atoms with Crippen LogP contribution in [0.25, 0.3) is 23.2 Å². The van der Waals surface area contributed by atoms with Gasteiger partial charge in [-0.1, -0.05) is 12.1 Å². The van der Waals surface area contributed by atoms with Gasteiger partial charge in [-0.2, -0.15) is 0 Å². The van der Waals surface area contributed by atoms with E-state index in [2.05, 4.69) is 14.9 Å². The number of furan rings is 2. The molecule has 5 rings (SSSR count). The normalized spacial score (nSPS) is 18.3. The van der Waals surface area contributed by atoms with E-state index in [4.69, 9.17) is 8.83 Å². The van der Waals surface area contributed by atoms with Crippen molar-refractivity contribution >= 4 is 29.0 Å². The number of ketones is 1. The van der Waals surface area contributed by atoms with Gasteiger partial charge in [0.25, 0.3) is 0 Å². The Kier molecular flexibility index (Phi) is 4.46. The number of imidazole rings is 1. The summed E-state index contributed by atoms with van der Waals surface area (Å²) in [4.78, 5) is 23.3. The number of carbonyl (C=O) groups excluding carboxylic acids is 1. The average molecular weight is 385 g/mol. The molecular formula is C23H19N3O3. The Balaban J connectivity index is 1.46. The fraction of sp³-hybridized carbons (Fsp3) is 0.130. The number of piperidine rings is 1. The highest BCUT2D eigenvalue weighted by molar-refractivity contribution is 6.14. The van der Waals surface area contributed by atoms with Crippen molar-refractivity contribution in [2.45, 2.75) is 6.54 Å². The number of nitrogens with zero attached hydrogens (tertiary/aromatic N) is 2. The van der Waals surface area contributed by atoms with Gasteiger partial charge in [0.05, 0.1) is 30.1 Å². The number of H-pyrrole nitrogens is 1. The van der Waals surface area contributed by atoms with Gasteiger partial charge in [-0.25, -0.2) is 4.98 Å². The summed E-state index contributed by atoms with van der Waals surface area (Å²) in [6.45, 7) is 1.64. The number of Topliss-reactive ketones (excluding diaryl/α,β-unsaturated/α-hetero) is 1. The maximum atomic E-state index is 13.0. The molecule has 4 aromatic rings. The Morgan fingerprint density at radius 1 is 0.931 bits per heavy atom. The quantitative estimate of drug-likeness (QED) is 0.530. The van der Waals surface area contributed by atoms with Gasteiger partial charge < -0.3 is 13.8 Å². The number of fused-ring (bicyclic) bond motifs is 1. The molecule has 4 heterocycles. The fourth-order valence-electron chi connectivity index (χ4n) is 3.60. The summed E-state index contributed by atoms with van der Waals surface area (Å²) >= 11 is 0. The third kappa shape index (κ3) is 3.70. The van der Waals surface area contributed by atoms with Crippen LogP contribution in [0.2, 0.25) is 0 Å². The van der Waals surface area contributed by atoms with Gasteiger partial charge in [-0.15, -0.1) is 0 Å². The molecule has 6 nitrogen and oxygen atoms in total. The number of aromatic nitrogens is 2. The molecule has 29 heavy (non-hydrogen) atoms. The molecule has 0 saturated carbocycles. The van der Waals surface area contributed by atoms with Crippen molar-refractivity contribution in [2.24, 2.45) is 0 Å². The number of aromatic amines is 1. The number of hydrogen-bond donors (Lipinski definition) is 1. The zero-order valence-corrected chi connectivity index (χ0v) is 15.7. The third-order valence-corrected chi connectivity index (χ3v) is 4.90. The molecule has 0 amide bonds. The number of carbonyl (C=O) groups is 1. The third-order valence-electron chi connectivity index (χ3n) is 4.90. The molecule has 1 saturated heterocycles. The summed E-state index contributed by atoms with van der Waals surface area (Å²) < 4.78 is 10.8. The largest absolute Gasteiger partial charge is 0.465 e. The zero-order chi connectivity index (χ0) is 19.6. The van der Waals surface area contributed by atoms with E-state index in [9.17, 15) is 4.79 Å². The van der Waals surface area contributed by atoms with Crippen molar-refractivity contribution in [1.82, 2.24) is 14.9 Å². The van der Waals surface area contributed by atoms with Crippen molar-refractivity contribution in [3.8, 4) is 0 Å². The van der Waals surface area contributed by atoms with Gasteiger partial charge in [-0.3, -0.25) is 9.69 Å². The van der Waals surface area contributed by atoms with Crippen LogP contribution < -0.4 is 0 Å².